The summed E-state index contributed by atoms with van der Waals surface area (Å²) in [7, 11) is 0. The van der Waals surface area contributed by atoms with Gasteiger partial charge in [-0.05, 0) is 6.07 Å². The summed E-state index contributed by atoms with van der Waals surface area (Å²) in [6.07, 6.45) is -0.624. The molecule has 2 aromatic heterocycles. The Kier molecular flexibility index (Phi) is 4.32. The summed E-state index contributed by atoms with van der Waals surface area (Å²) in [6, 6.07) is 0.835. The number of piperazine rings is 1. The van der Waals surface area contributed by atoms with Gasteiger partial charge in [-0.2, -0.15) is 18.3 Å². The molecular formula is C13H14F3N7O. The second kappa shape index (κ2) is 6.42. The highest BCUT2D eigenvalue weighted by Crippen LogP contribution is 2.28. The van der Waals surface area contributed by atoms with E-state index in [1.54, 1.807) is 9.80 Å². The van der Waals surface area contributed by atoms with Crippen molar-refractivity contribution in [3.63, 3.8) is 0 Å². The quantitative estimate of drug-likeness (QED) is 0.806. The molecule has 1 aliphatic heterocycles. The molecule has 1 fully saturated rings. The summed E-state index contributed by atoms with van der Waals surface area (Å²) in [4.78, 5) is 26.6. The van der Waals surface area contributed by atoms with Gasteiger partial charge in [-0.1, -0.05) is 0 Å². The van der Waals surface area contributed by atoms with Crippen LogP contribution in [0.2, 0.25) is 0 Å². The molecule has 2 aromatic rings. The van der Waals surface area contributed by atoms with E-state index in [4.69, 9.17) is 0 Å². The molecule has 8 nitrogen and oxygen atoms in total. The van der Waals surface area contributed by atoms with E-state index < -0.39 is 11.9 Å². The maximum Gasteiger partial charge on any atom is 0.433 e. The van der Waals surface area contributed by atoms with Gasteiger partial charge in [0.2, 0.25) is 11.9 Å². The number of aromatic nitrogens is 5. The SMILES string of the molecule is O=C(Cn1cncn1)N1CCN(c2nccc(C(F)(F)F)n2)CC1. The zero-order valence-electron chi connectivity index (χ0n) is 12.5. The summed E-state index contributed by atoms with van der Waals surface area (Å²) in [5.41, 5.74) is -0.975. The van der Waals surface area contributed by atoms with E-state index in [2.05, 4.69) is 20.1 Å². The number of anilines is 1. The highest BCUT2D eigenvalue weighted by Gasteiger charge is 2.33. The minimum absolute atomic E-state index is 0.0215. The van der Waals surface area contributed by atoms with Crippen LogP contribution in [-0.4, -0.2) is 61.7 Å². The van der Waals surface area contributed by atoms with Gasteiger partial charge in [0, 0.05) is 32.4 Å². The second-order valence-electron chi connectivity index (χ2n) is 5.20. The molecule has 1 aliphatic rings. The largest absolute Gasteiger partial charge is 0.433 e. The Bertz CT molecular complexity index is 696. The molecule has 0 saturated carbocycles. The van der Waals surface area contributed by atoms with E-state index >= 15 is 0 Å². The summed E-state index contributed by atoms with van der Waals surface area (Å²) < 4.78 is 39.5. The van der Waals surface area contributed by atoms with E-state index in [1.165, 1.54) is 17.3 Å². The smallest absolute Gasteiger partial charge is 0.338 e. The first-order chi connectivity index (χ1) is 11.4. The molecule has 0 spiro atoms. The van der Waals surface area contributed by atoms with Crippen molar-refractivity contribution >= 4 is 11.9 Å². The lowest BCUT2D eigenvalue weighted by Crippen LogP contribution is -2.50. The molecule has 3 heterocycles. The molecule has 3 rings (SSSR count). The van der Waals surface area contributed by atoms with Crippen LogP contribution >= 0.6 is 0 Å². The second-order valence-corrected chi connectivity index (χ2v) is 5.20. The van der Waals surface area contributed by atoms with Gasteiger partial charge >= 0.3 is 6.18 Å². The first kappa shape index (κ1) is 16.1. The fourth-order valence-corrected chi connectivity index (χ4v) is 2.37. The maximum atomic E-state index is 12.7. The van der Waals surface area contributed by atoms with Gasteiger partial charge in [-0.15, -0.1) is 0 Å². The molecular weight excluding hydrogens is 327 g/mol. The average Bonchev–Trinajstić information content (AvgIpc) is 3.07. The third-order valence-electron chi connectivity index (χ3n) is 3.61. The minimum Gasteiger partial charge on any atom is -0.338 e. The van der Waals surface area contributed by atoms with Crippen LogP contribution < -0.4 is 4.90 Å². The van der Waals surface area contributed by atoms with Crippen molar-refractivity contribution in [1.29, 1.82) is 0 Å². The molecule has 11 heteroatoms. The monoisotopic (exact) mass is 341 g/mol. The minimum atomic E-state index is -4.51. The molecule has 24 heavy (non-hydrogen) atoms. The van der Waals surface area contributed by atoms with Crippen LogP contribution in [0.15, 0.2) is 24.9 Å². The number of alkyl halides is 3. The van der Waals surface area contributed by atoms with Crippen LogP contribution in [0.4, 0.5) is 19.1 Å². The van der Waals surface area contributed by atoms with Crippen molar-refractivity contribution in [2.45, 2.75) is 12.7 Å². The maximum absolute atomic E-state index is 12.7. The van der Waals surface area contributed by atoms with Gasteiger partial charge in [0.1, 0.15) is 24.9 Å². The Morgan fingerprint density at radius 1 is 1.21 bits per heavy atom. The summed E-state index contributed by atoms with van der Waals surface area (Å²) in [5, 5.41) is 3.87. The Morgan fingerprint density at radius 3 is 2.58 bits per heavy atom. The molecule has 1 amide bonds. The topological polar surface area (TPSA) is 80.0 Å². The molecule has 0 N–H and O–H groups in total. The number of hydrogen-bond acceptors (Lipinski definition) is 6. The van der Waals surface area contributed by atoms with Crippen molar-refractivity contribution in [2.75, 3.05) is 31.1 Å². The van der Waals surface area contributed by atoms with Crippen molar-refractivity contribution < 1.29 is 18.0 Å². The molecule has 0 bridgehead atoms. The van der Waals surface area contributed by atoms with E-state index in [9.17, 15) is 18.0 Å². The average molecular weight is 341 g/mol. The van der Waals surface area contributed by atoms with Crippen LogP contribution in [0, 0.1) is 0 Å². The predicted molar refractivity (Wildman–Crippen MR) is 75.8 cm³/mol. The van der Waals surface area contributed by atoms with Gasteiger partial charge in [0.15, 0.2) is 0 Å². The zero-order chi connectivity index (χ0) is 17.2. The molecule has 1 saturated heterocycles. The highest BCUT2D eigenvalue weighted by atomic mass is 19.4. The number of rotatable bonds is 3. The fraction of sp³-hybridized carbons (Fsp3) is 0.462. The van der Waals surface area contributed by atoms with Crippen molar-refractivity contribution in [2.24, 2.45) is 0 Å². The van der Waals surface area contributed by atoms with Crippen LogP contribution in [0.25, 0.3) is 0 Å². The van der Waals surface area contributed by atoms with Crippen LogP contribution in [-0.2, 0) is 17.5 Å². The Hall–Kier alpha value is -2.72. The van der Waals surface area contributed by atoms with Crippen molar-refractivity contribution in [3.8, 4) is 0 Å². The first-order valence-corrected chi connectivity index (χ1v) is 7.19. The molecule has 0 aromatic carbocycles. The molecule has 0 aliphatic carbocycles. The van der Waals surface area contributed by atoms with Crippen LogP contribution in [0.5, 0.6) is 0 Å². The predicted octanol–water partition coefficient (Wildman–Crippen LogP) is 0.436. The Morgan fingerprint density at radius 2 is 1.96 bits per heavy atom. The van der Waals surface area contributed by atoms with E-state index in [0.29, 0.717) is 26.2 Å². The number of carbonyl (C=O) groups is 1. The molecule has 0 atom stereocenters. The van der Waals surface area contributed by atoms with Crippen LogP contribution in [0.1, 0.15) is 5.69 Å². The van der Waals surface area contributed by atoms with Crippen molar-refractivity contribution in [3.05, 3.63) is 30.6 Å². The van der Waals surface area contributed by atoms with Gasteiger partial charge in [-0.3, -0.25) is 4.79 Å². The summed E-state index contributed by atoms with van der Waals surface area (Å²) in [5.74, 6) is -0.0988. The van der Waals surface area contributed by atoms with Gasteiger partial charge in [0.25, 0.3) is 0 Å². The number of nitrogens with zero attached hydrogens (tertiary/aromatic N) is 7. The standard InChI is InChI=1S/C13H14F3N7O/c14-13(15,16)10-1-2-18-12(20-10)22-5-3-21(4-6-22)11(24)7-23-9-17-8-19-23/h1-2,8-9H,3-7H2. The Labute approximate surface area is 134 Å². The summed E-state index contributed by atoms with van der Waals surface area (Å²) in [6.45, 7) is 1.58. The van der Waals surface area contributed by atoms with E-state index in [0.717, 1.165) is 12.3 Å². The van der Waals surface area contributed by atoms with Crippen molar-refractivity contribution in [1.82, 2.24) is 29.6 Å². The normalized spacial score (nSPS) is 15.6. The molecule has 0 unspecified atom stereocenters. The molecule has 0 radical (unpaired) electrons. The fourth-order valence-electron chi connectivity index (χ4n) is 2.37. The van der Waals surface area contributed by atoms with E-state index in [-0.39, 0.29) is 18.4 Å². The Balaban J connectivity index is 1.60. The number of amides is 1. The van der Waals surface area contributed by atoms with Gasteiger partial charge in [-0.25, -0.2) is 19.6 Å². The molecule has 128 valence electrons. The lowest BCUT2D eigenvalue weighted by Gasteiger charge is -2.34. The highest BCUT2D eigenvalue weighted by molar-refractivity contribution is 5.76. The van der Waals surface area contributed by atoms with Gasteiger partial charge < -0.3 is 9.80 Å². The third-order valence-corrected chi connectivity index (χ3v) is 3.61. The number of halogens is 3. The first-order valence-electron chi connectivity index (χ1n) is 7.19. The zero-order valence-corrected chi connectivity index (χ0v) is 12.5. The third kappa shape index (κ3) is 3.60. The number of carbonyl (C=O) groups excluding carboxylic acids is 1. The van der Waals surface area contributed by atoms with Gasteiger partial charge in [0.05, 0.1) is 0 Å². The summed E-state index contributed by atoms with van der Waals surface area (Å²) >= 11 is 0. The lowest BCUT2D eigenvalue weighted by molar-refractivity contribution is -0.141. The van der Waals surface area contributed by atoms with E-state index in [1.807, 2.05) is 0 Å². The van der Waals surface area contributed by atoms with Crippen LogP contribution in [0.3, 0.4) is 0 Å². The lowest BCUT2D eigenvalue weighted by atomic mass is 10.3. The number of hydrogen-bond donors (Lipinski definition) is 0.